The number of hydrogen-bond donors (Lipinski definition) is 0. The minimum Gasteiger partial charge on any atom is -0.489 e. The number of hydrogen-bond acceptors (Lipinski definition) is 4. The highest BCUT2D eigenvalue weighted by molar-refractivity contribution is 6.32. The molecule has 0 N–H and O–H groups in total. The maximum absolute atomic E-state index is 13.1. The van der Waals surface area contributed by atoms with Gasteiger partial charge in [0.05, 0.1) is 18.2 Å². The van der Waals surface area contributed by atoms with Crippen molar-refractivity contribution in [3.8, 4) is 11.5 Å². The number of nitrogens with zero attached hydrogens (tertiary/aromatic N) is 2. The van der Waals surface area contributed by atoms with Crippen LogP contribution in [0.1, 0.15) is 12.0 Å². The second-order valence-corrected chi connectivity index (χ2v) is 7.10. The van der Waals surface area contributed by atoms with Gasteiger partial charge in [0.2, 0.25) is 0 Å². The van der Waals surface area contributed by atoms with Crippen molar-refractivity contribution in [1.29, 1.82) is 0 Å². The largest absolute Gasteiger partial charge is 0.489 e. The number of ether oxygens (including phenoxy) is 2. The molecule has 0 bridgehead atoms. The summed E-state index contributed by atoms with van der Waals surface area (Å²) in [6.07, 6.45) is 0.867. The van der Waals surface area contributed by atoms with Crippen LogP contribution in [-0.2, 0) is 6.54 Å². The van der Waals surface area contributed by atoms with E-state index in [1.807, 2.05) is 24.3 Å². The van der Waals surface area contributed by atoms with Gasteiger partial charge in [0, 0.05) is 44.8 Å². The molecule has 2 aliphatic rings. The van der Waals surface area contributed by atoms with Gasteiger partial charge in [0.1, 0.15) is 5.82 Å². The summed E-state index contributed by atoms with van der Waals surface area (Å²) in [5, 5.41) is 0.615. The van der Waals surface area contributed by atoms with Gasteiger partial charge >= 0.3 is 0 Å². The van der Waals surface area contributed by atoms with Crippen LogP contribution in [0.2, 0.25) is 5.02 Å². The molecule has 2 heterocycles. The van der Waals surface area contributed by atoms with Crippen molar-refractivity contribution in [2.45, 2.75) is 13.0 Å². The van der Waals surface area contributed by atoms with E-state index in [2.05, 4.69) is 9.80 Å². The number of anilines is 1. The first-order chi connectivity index (χ1) is 12.7. The van der Waals surface area contributed by atoms with Crippen LogP contribution >= 0.6 is 11.6 Å². The topological polar surface area (TPSA) is 24.9 Å². The molecule has 2 aromatic rings. The van der Waals surface area contributed by atoms with Crippen molar-refractivity contribution in [3.05, 3.63) is 52.8 Å². The quantitative estimate of drug-likeness (QED) is 0.809. The lowest BCUT2D eigenvalue weighted by molar-refractivity contribution is 0.249. The number of fused-ring (bicyclic) bond motifs is 1. The molecule has 0 saturated carbocycles. The average Bonchev–Trinajstić information content (AvgIpc) is 2.89. The van der Waals surface area contributed by atoms with Crippen molar-refractivity contribution in [2.75, 3.05) is 44.3 Å². The Kier molecular flexibility index (Phi) is 5.18. The zero-order valence-electron chi connectivity index (χ0n) is 14.6. The minimum atomic E-state index is -0.196. The third-order valence-corrected chi connectivity index (χ3v) is 5.11. The fraction of sp³-hybridized carbons (Fsp3) is 0.400. The highest BCUT2D eigenvalue weighted by Gasteiger charge is 2.20. The van der Waals surface area contributed by atoms with Crippen LogP contribution in [0.4, 0.5) is 10.1 Å². The molecule has 0 unspecified atom stereocenters. The summed E-state index contributed by atoms with van der Waals surface area (Å²) in [6, 6.07) is 10.7. The summed E-state index contributed by atoms with van der Waals surface area (Å²) in [6.45, 7) is 5.86. The molecule has 6 heteroatoms. The normalized spacial score (nSPS) is 17.8. The molecular formula is C20H22ClFN2O2. The fourth-order valence-corrected chi connectivity index (χ4v) is 3.74. The van der Waals surface area contributed by atoms with Crippen molar-refractivity contribution >= 4 is 17.3 Å². The van der Waals surface area contributed by atoms with E-state index in [9.17, 15) is 4.39 Å². The molecule has 0 spiro atoms. The van der Waals surface area contributed by atoms with Gasteiger partial charge in [-0.05, 0) is 42.0 Å². The Morgan fingerprint density at radius 3 is 2.46 bits per heavy atom. The van der Waals surface area contributed by atoms with E-state index in [0.29, 0.717) is 24.0 Å². The van der Waals surface area contributed by atoms with Crippen molar-refractivity contribution in [2.24, 2.45) is 0 Å². The second-order valence-electron chi connectivity index (χ2n) is 6.69. The van der Waals surface area contributed by atoms with Gasteiger partial charge in [-0.3, -0.25) is 4.90 Å². The van der Waals surface area contributed by atoms with E-state index < -0.39 is 0 Å². The highest BCUT2D eigenvalue weighted by atomic mass is 35.5. The van der Waals surface area contributed by atoms with Gasteiger partial charge in [0.15, 0.2) is 11.5 Å². The first-order valence-electron chi connectivity index (χ1n) is 9.00. The SMILES string of the molecule is Fc1ccc(N2CCN(Cc3cc(Cl)c4c(c3)OCCCO4)CC2)cc1. The average molecular weight is 377 g/mol. The predicted octanol–water partition coefficient (Wildman–Crippen LogP) is 3.96. The Morgan fingerprint density at radius 2 is 1.69 bits per heavy atom. The van der Waals surface area contributed by atoms with Gasteiger partial charge in [-0.25, -0.2) is 4.39 Å². The summed E-state index contributed by atoms with van der Waals surface area (Å²) in [5.41, 5.74) is 2.21. The van der Waals surface area contributed by atoms with E-state index >= 15 is 0 Å². The Bertz CT molecular complexity index is 761. The monoisotopic (exact) mass is 376 g/mol. The van der Waals surface area contributed by atoms with E-state index in [1.165, 1.54) is 12.1 Å². The molecule has 26 heavy (non-hydrogen) atoms. The van der Waals surface area contributed by atoms with Gasteiger partial charge in [0.25, 0.3) is 0 Å². The van der Waals surface area contributed by atoms with Gasteiger partial charge in [-0.2, -0.15) is 0 Å². The highest BCUT2D eigenvalue weighted by Crippen LogP contribution is 2.38. The summed E-state index contributed by atoms with van der Waals surface area (Å²) in [7, 11) is 0. The second kappa shape index (κ2) is 7.72. The van der Waals surface area contributed by atoms with Crippen LogP contribution in [0.3, 0.4) is 0 Å². The molecule has 0 aromatic heterocycles. The Hall–Kier alpha value is -1.98. The zero-order valence-corrected chi connectivity index (χ0v) is 15.3. The first-order valence-corrected chi connectivity index (χ1v) is 9.38. The van der Waals surface area contributed by atoms with Crippen LogP contribution in [0.25, 0.3) is 0 Å². The molecule has 4 rings (SSSR count). The van der Waals surface area contributed by atoms with Crippen LogP contribution in [-0.4, -0.2) is 44.3 Å². The van der Waals surface area contributed by atoms with E-state index in [0.717, 1.165) is 56.1 Å². The Labute approximate surface area is 158 Å². The van der Waals surface area contributed by atoms with Gasteiger partial charge < -0.3 is 14.4 Å². The molecule has 4 nitrogen and oxygen atoms in total. The van der Waals surface area contributed by atoms with Crippen molar-refractivity contribution in [3.63, 3.8) is 0 Å². The lowest BCUT2D eigenvalue weighted by atomic mass is 10.1. The molecule has 0 aliphatic carbocycles. The molecule has 2 aliphatic heterocycles. The summed E-state index contributed by atoms with van der Waals surface area (Å²) < 4.78 is 24.5. The Morgan fingerprint density at radius 1 is 0.962 bits per heavy atom. The molecule has 138 valence electrons. The smallest absolute Gasteiger partial charge is 0.179 e. The fourth-order valence-electron chi connectivity index (χ4n) is 3.45. The van der Waals surface area contributed by atoms with Crippen LogP contribution < -0.4 is 14.4 Å². The lowest BCUT2D eigenvalue weighted by Gasteiger charge is -2.36. The third-order valence-electron chi connectivity index (χ3n) is 4.83. The molecule has 0 radical (unpaired) electrons. The lowest BCUT2D eigenvalue weighted by Crippen LogP contribution is -2.45. The predicted molar refractivity (Wildman–Crippen MR) is 101 cm³/mol. The van der Waals surface area contributed by atoms with Crippen LogP contribution in [0.5, 0.6) is 11.5 Å². The first kappa shape index (κ1) is 17.4. The molecule has 2 aromatic carbocycles. The van der Waals surface area contributed by atoms with Crippen molar-refractivity contribution < 1.29 is 13.9 Å². The number of rotatable bonds is 3. The number of halogens is 2. The van der Waals surface area contributed by atoms with E-state index in [1.54, 1.807) is 0 Å². The van der Waals surface area contributed by atoms with E-state index in [-0.39, 0.29) is 5.82 Å². The molecule has 0 amide bonds. The molecular weight excluding hydrogens is 355 g/mol. The van der Waals surface area contributed by atoms with Gasteiger partial charge in [-0.1, -0.05) is 11.6 Å². The van der Waals surface area contributed by atoms with Crippen LogP contribution in [0, 0.1) is 5.82 Å². The zero-order chi connectivity index (χ0) is 17.9. The summed E-state index contributed by atoms with van der Waals surface area (Å²) >= 11 is 6.39. The van der Waals surface area contributed by atoms with Crippen LogP contribution in [0.15, 0.2) is 36.4 Å². The minimum absolute atomic E-state index is 0.196. The standard InChI is InChI=1S/C20H22ClFN2O2/c21-18-12-15(13-19-20(18)26-11-1-10-25-19)14-23-6-8-24(9-7-23)17-4-2-16(22)3-5-17/h2-5,12-13H,1,6-11,14H2. The maximum Gasteiger partial charge on any atom is 0.179 e. The molecule has 1 saturated heterocycles. The number of piperazine rings is 1. The van der Waals surface area contributed by atoms with Gasteiger partial charge in [-0.15, -0.1) is 0 Å². The maximum atomic E-state index is 13.1. The number of benzene rings is 2. The molecule has 1 fully saturated rings. The summed E-state index contributed by atoms with van der Waals surface area (Å²) in [5.74, 6) is 1.21. The Balaban J connectivity index is 1.39. The molecule has 0 atom stereocenters. The van der Waals surface area contributed by atoms with Crippen molar-refractivity contribution in [1.82, 2.24) is 4.90 Å². The van der Waals surface area contributed by atoms with E-state index in [4.69, 9.17) is 21.1 Å². The third kappa shape index (κ3) is 3.89. The summed E-state index contributed by atoms with van der Waals surface area (Å²) in [4.78, 5) is 4.69.